The van der Waals surface area contributed by atoms with E-state index in [1.165, 1.54) is 28.6 Å². The first kappa shape index (κ1) is 19.6. The van der Waals surface area contributed by atoms with Gasteiger partial charge in [0, 0.05) is 49.8 Å². The zero-order chi connectivity index (χ0) is 20.2. The van der Waals surface area contributed by atoms with Crippen molar-refractivity contribution >= 4 is 16.8 Å². The van der Waals surface area contributed by atoms with E-state index < -0.39 is 0 Å². The second kappa shape index (κ2) is 8.76. The van der Waals surface area contributed by atoms with Crippen LogP contribution in [0.3, 0.4) is 0 Å². The van der Waals surface area contributed by atoms with E-state index in [-0.39, 0.29) is 23.8 Å². The fourth-order valence-electron chi connectivity index (χ4n) is 4.11. The highest BCUT2D eigenvalue weighted by atomic mass is 19.1. The van der Waals surface area contributed by atoms with Gasteiger partial charge in [-0.25, -0.2) is 4.39 Å². The van der Waals surface area contributed by atoms with Gasteiger partial charge >= 0.3 is 0 Å². The third-order valence-corrected chi connectivity index (χ3v) is 5.57. The number of amides is 1. The molecular weight excluding hydrogens is 369 g/mol. The summed E-state index contributed by atoms with van der Waals surface area (Å²) in [5.74, 6) is -0.282. The van der Waals surface area contributed by atoms with Gasteiger partial charge in [0.05, 0.1) is 12.6 Å². The van der Waals surface area contributed by atoms with Crippen LogP contribution in [0.25, 0.3) is 10.9 Å². The van der Waals surface area contributed by atoms with Crippen molar-refractivity contribution in [3.63, 3.8) is 0 Å². The minimum absolute atomic E-state index is 0.00785. The Morgan fingerprint density at radius 1 is 1.24 bits per heavy atom. The number of methoxy groups -OCH3 is 1. The maximum atomic E-state index is 13.7. The summed E-state index contributed by atoms with van der Waals surface area (Å²) in [5.41, 5.74) is 3.17. The third-order valence-electron chi connectivity index (χ3n) is 5.57. The second-order valence-electron chi connectivity index (χ2n) is 7.48. The average Bonchev–Trinajstić information content (AvgIpc) is 3.09. The SMILES string of the molecule is COCCn1cc(CN[C@@H]2CCC(=O)N[C@H]2c2cccc(F)c2)c2ccccc21. The van der Waals surface area contributed by atoms with E-state index in [4.69, 9.17) is 4.74 Å². The zero-order valence-electron chi connectivity index (χ0n) is 16.5. The smallest absolute Gasteiger partial charge is 0.220 e. The third kappa shape index (κ3) is 4.33. The largest absolute Gasteiger partial charge is 0.383 e. The van der Waals surface area contributed by atoms with E-state index in [1.54, 1.807) is 13.2 Å². The Kier molecular flexibility index (Phi) is 5.92. The molecule has 2 heterocycles. The molecule has 29 heavy (non-hydrogen) atoms. The number of carbonyl (C=O) groups excluding carboxylic acids is 1. The summed E-state index contributed by atoms with van der Waals surface area (Å²) in [6.45, 7) is 2.12. The summed E-state index contributed by atoms with van der Waals surface area (Å²) in [6, 6.07) is 14.6. The molecule has 3 aromatic rings. The maximum Gasteiger partial charge on any atom is 0.220 e. The molecule has 1 aliphatic heterocycles. The molecule has 1 aromatic heterocycles. The number of aromatic nitrogens is 1. The summed E-state index contributed by atoms with van der Waals surface area (Å²) in [4.78, 5) is 12.0. The number of nitrogens with one attached hydrogen (secondary N) is 2. The van der Waals surface area contributed by atoms with Gasteiger partial charge in [0.1, 0.15) is 5.82 Å². The van der Waals surface area contributed by atoms with Gasteiger partial charge in [0.25, 0.3) is 0 Å². The Morgan fingerprint density at radius 3 is 2.93 bits per heavy atom. The number of para-hydroxylation sites is 1. The second-order valence-corrected chi connectivity index (χ2v) is 7.48. The van der Waals surface area contributed by atoms with E-state index in [9.17, 15) is 9.18 Å². The van der Waals surface area contributed by atoms with Gasteiger partial charge in [0.2, 0.25) is 5.91 Å². The van der Waals surface area contributed by atoms with E-state index in [0.717, 1.165) is 18.5 Å². The number of rotatable bonds is 7. The lowest BCUT2D eigenvalue weighted by Crippen LogP contribution is -2.48. The molecule has 6 heteroatoms. The molecule has 2 aromatic carbocycles. The summed E-state index contributed by atoms with van der Waals surface area (Å²) in [6.07, 6.45) is 3.35. The first-order chi connectivity index (χ1) is 14.2. The molecule has 0 bridgehead atoms. The molecule has 4 rings (SSSR count). The first-order valence-corrected chi connectivity index (χ1v) is 9.99. The number of halogens is 1. The number of fused-ring (bicyclic) bond motifs is 1. The monoisotopic (exact) mass is 395 g/mol. The minimum atomic E-state index is -0.290. The lowest BCUT2D eigenvalue weighted by Gasteiger charge is -2.33. The number of hydrogen-bond donors (Lipinski definition) is 2. The number of piperidine rings is 1. The van der Waals surface area contributed by atoms with Crippen molar-refractivity contribution in [2.45, 2.75) is 38.0 Å². The van der Waals surface area contributed by atoms with Crippen LogP contribution >= 0.6 is 0 Å². The standard InChI is InChI=1S/C23H26FN3O2/c1-29-12-11-27-15-17(19-7-2-3-8-21(19)27)14-25-20-9-10-22(28)26-23(20)16-5-4-6-18(24)13-16/h2-8,13,15,20,23,25H,9-12,14H2,1H3,(H,26,28)/t20-,23+/m1/s1. The summed E-state index contributed by atoms with van der Waals surface area (Å²) in [5, 5.41) is 7.84. The van der Waals surface area contributed by atoms with Gasteiger partial charge in [-0.2, -0.15) is 0 Å². The lowest BCUT2D eigenvalue weighted by atomic mass is 9.91. The number of benzene rings is 2. The Morgan fingerprint density at radius 2 is 2.10 bits per heavy atom. The number of hydrogen-bond acceptors (Lipinski definition) is 3. The average molecular weight is 395 g/mol. The lowest BCUT2D eigenvalue weighted by molar-refractivity contribution is -0.123. The molecule has 2 N–H and O–H groups in total. The van der Waals surface area contributed by atoms with E-state index in [1.807, 2.05) is 18.2 Å². The quantitative estimate of drug-likeness (QED) is 0.643. The van der Waals surface area contributed by atoms with Gasteiger partial charge in [-0.3, -0.25) is 4.79 Å². The Balaban J connectivity index is 1.55. The molecule has 1 saturated heterocycles. The molecule has 0 radical (unpaired) electrons. The normalized spacial score (nSPS) is 19.4. The number of carbonyl (C=O) groups is 1. The Labute approximate surface area is 169 Å². The first-order valence-electron chi connectivity index (χ1n) is 9.99. The molecule has 1 aliphatic rings. The van der Waals surface area contributed by atoms with Crippen molar-refractivity contribution in [3.05, 3.63) is 71.7 Å². The van der Waals surface area contributed by atoms with Gasteiger partial charge < -0.3 is 19.9 Å². The van der Waals surface area contributed by atoms with Crippen molar-refractivity contribution in [1.29, 1.82) is 0 Å². The number of nitrogens with zero attached hydrogens (tertiary/aromatic N) is 1. The van der Waals surface area contributed by atoms with Crippen molar-refractivity contribution in [3.8, 4) is 0 Å². The highest BCUT2D eigenvalue weighted by Gasteiger charge is 2.30. The van der Waals surface area contributed by atoms with Gasteiger partial charge in [-0.15, -0.1) is 0 Å². The van der Waals surface area contributed by atoms with E-state index >= 15 is 0 Å². The van der Waals surface area contributed by atoms with Crippen LogP contribution in [0, 0.1) is 5.82 Å². The molecule has 1 fully saturated rings. The van der Waals surface area contributed by atoms with Gasteiger partial charge in [-0.1, -0.05) is 30.3 Å². The predicted molar refractivity (Wildman–Crippen MR) is 111 cm³/mol. The topological polar surface area (TPSA) is 55.3 Å². The fraction of sp³-hybridized carbons (Fsp3) is 0.348. The summed E-state index contributed by atoms with van der Waals surface area (Å²) >= 11 is 0. The summed E-state index contributed by atoms with van der Waals surface area (Å²) in [7, 11) is 1.71. The van der Waals surface area contributed by atoms with Crippen LogP contribution in [0.2, 0.25) is 0 Å². The molecule has 1 amide bonds. The Bertz CT molecular complexity index is 1000. The highest BCUT2D eigenvalue weighted by molar-refractivity contribution is 5.84. The molecule has 5 nitrogen and oxygen atoms in total. The molecule has 2 atom stereocenters. The molecular formula is C23H26FN3O2. The molecule has 0 saturated carbocycles. The number of ether oxygens (including phenoxy) is 1. The van der Waals surface area contributed by atoms with Crippen LogP contribution in [-0.2, 0) is 22.6 Å². The zero-order valence-corrected chi connectivity index (χ0v) is 16.5. The van der Waals surface area contributed by atoms with Crippen molar-refractivity contribution in [2.24, 2.45) is 0 Å². The fourth-order valence-corrected chi connectivity index (χ4v) is 4.11. The van der Waals surface area contributed by atoms with Crippen LogP contribution in [-0.4, -0.2) is 30.2 Å². The van der Waals surface area contributed by atoms with Crippen LogP contribution in [0.5, 0.6) is 0 Å². The van der Waals surface area contributed by atoms with E-state index in [2.05, 4.69) is 33.5 Å². The summed E-state index contributed by atoms with van der Waals surface area (Å²) < 4.78 is 21.2. The van der Waals surface area contributed by atoms with Gasteiger partial charge in [0.15, 0.2) is 0 Å². The Hall–Kier alpha value is -2.70. The molecule has 152 valence electrons. The van der Waals surface area contributed by atoms with E-state index in [0.29, 0.717) is 19.6 Å². The highest BCUT2D eigenvalue weighted by Crippen LogP contribution is 2.26. The van der Waals surface area contributed by atoms with Crippen LogP contribution in [0.15, 0.2) is 54.7 Å². The minimum Gasteiger partial charge on any atom is -0.383 e. The molecule has 0 unspecified atom stereocenters. The molecule has 0 aliphatic carbocycles. The van der Waals surface area contributed by atoms with Gasteiger partial charge in [-0.05, 0) is 35.7 Å². The van der Waals surface area contributed by atoms with Crippen LogP contribution < -0.4 is 10.6 Å². The maximum absolute atomic E-state index is 13.7. The van der Waals surface area contributed by atoms with Crippen LogP contribution in [0.1, 0.15) is 30.0 Å². The van der Waals surface area contributed by atoms with Crippen molar-refractivity contribution in [1.82, 2.24) is 15.2 Å². The predicted octanol–water partition coefficient (Wildman–Crippen LogP) is 3.54. The molecule has 0 spiro atoms. The van der Waals surface area contributed by atoms with Crippen molar-refractivity contribution < 1.29 is 13.9 Å². The van der Waals surface area contributed by atoms with Crippen molar-refractivity contribution in [2.75, 3.05) is 13.7 Å². The van der Waals surface area contributed by atoms with Crippen LogP contribution in [0.4, 0.5) is 4.39 Å².